The fraction of sp³-hybridized carbons (Fsp3) is 0. The highest BCUT2D eigenvalue weighted by atomic mass is 32.1. The van der Waals surface area contributed by atoms with Gasteiger partial charge in [0.25, 0.3) is 0 Å². The first kappa shape index (κ1) is 28.8. The Balaban J connectivity index is 0.947. The van der Waals surface area contributed by atoms with Gasteiger partial charge in [0.1, 0.15) is 11.2 Å². The molecule has 0 spiro atoms. The third kappa shape index (κ3) is 4.66. The van der Waals surface area contributed by atoms with Crippen LogP contribution < -0.4 is 0 Å². The number of rotatable bonds is 4. The van der Waals surface area contributed by atoms with Gasteiger partial charge in [-0.05, 0) is 99.1 Å². The van der Waals surface area contributed by atoms with E-state index in [0.717, 1.165) is 27.5 Å². The van der Waals surface area contributed by atoms with Crippen LogP contribution in [0.3, 0.4) is 0 Å². The molecular weight excluding hydrogens is 657 g/mol. The molecule has 0 amide bonds. The van der Waals surface area contributed by atoms with Crippen LogP contribution in [0.2, 0.25) is 0 Å². The number of fused-ring (bicyclic) bond motifs is 9. The standard InChI is InChI=1S/C48H28OS2/c1-3-15-42-37(12-1)38-21-18-32(26-43(38)49-42)29-8-5-9-30(24-29)33-19-22-39-40-23-20-34(28-47(40)51-46(39)27-33)31-10-6-11-35(25-31)36-14-7-17-45-48(36)41-13-2-4-16-44(41)50-45/h1-28H. The highest BCUT2D eigenvalue weighted by Gasteiger charge is 2.14. The summed E-state index contributed by atoms with van der Waals surface area (Å²) in [6.07, 6.45) is 0. The average molecular weight is 685 g/mol. The molecule has 0 saturated heterocycles. The molecule has 0 aliphatic heterocycles. The van der Waals surface area contributed by atoms with Gasteiger partial charge in [-0.3, -0.25) is 0 Å². The van der Waals surface area contributed by atoms with E-state index in [1.54, 1.807) is 0 Å². The van der Waals surface area contributed by atoms with Crippen LogP contribution in [-0.2, 0) is 0 Å². The lowest BCUT2D eigenvalue weighted by atomic mass is 9.95. The molecule has 0 radical (unpaired) electrons. The lowest BCUT2D eigenvalue weighted by molar-refractivity contribution is 0.669. The number of hydrogen-bond donors (Lipinski definition) is 0. The number of para-hydroxylation sites is 1. The lowest BCUT2D eigenvalue weighted by Crippen LogP contribution is -1.83. The van der Waals surface area contributed by atoms with Gasteiger partial charge in [0.05, 0.1) is 0 Å². The molecule has 3 heterocycles. The smallest absolute Gasteiger partial charge is 0.136 e. The fourth-order valence-corrected chi connectivity index (χ4v) is 10.1. The summed E-state index contributed by atoms with van der Waals surface area (Å²) in [7, 11) is 0. The molecule has 238 valence electrons. The van der Waals surface area contributed by atoms with E-state index in [9.17, 15) is 0 Å². The Morgan fingerprint density at radius 2 is 0.804 bits per heavy atom. The van der Waals surface area contributed by atoms with Crippen molar-refractivity contribution < 1.29 is 4.42 Å². The van der Waals surface area contributed by atoms with Crippen LogP contribution in [-0.4, -0.2) is 0 Å². The van der Waals surface area contributed by atoms with Gasteiger partial charge in [0.15, 0.2) is 0 Å². The second kappa shape index (κ2) is 11.3. The maximum absolute atomic E-state index is 6.20. The van der Waals surface area contributed by atoms with Crippen molar-refractivity contribution >= 4 is 85.0 Å². The third-order valence-electron chi connectivity index (χ3n) is 10.3. The summed E-state index contributed by atoms with van der Waals surface area (Å²) >= 11 is 3.75. The first-order valence-corrected chi connectivity index (χ1v) is 18.9. The molecule has 8 aromatic carbocycles. The molecule has 3 aromatic heterocycles. The monoisotopic (exact) mass is 684 g/mol. The van der Waals surface area contributed by atoms with Crippen molar-refractivity contribution in [1.82, 2.24) is 0 Å². The minimum absolute atomic E-state index is 0.922. The molecule has 1 nitrogen and oxygen atoms in total. The summed E-state index contributed by atoms with van der Waals surface area (Å²) in [6, 6.07) is 62.0. The lowest BCUT2D eigenvalue weighted by Gasteiger charge is -2.08. The molecule has 11 rings (SSSR count). The first-order valence-electron chi connectivity index (χ1n) is 17.2. The van der Waals surface area contributed by atoms with Gasteiger partial charge in [0.2, 0.25) is 0 Å². The molecule has 0 unspecified atom stereocenters. The van der Waals surface area contributed by atoms with Gasteiger partial charge in [0, 0.05) is 51.1 Å². The van der Waals surface area contributed by atoms with Crippen molar-refractivity contribution in [3.05, 3.63) is 170 Å². The van der Waals surface area contributed by atoms with Crippen LogP contribution in [0.15, 0.2) is 174 Å². The van der Waals surface area contributed by atoms with E-state index in [4.69, 9.17) is 4.42 Å². The van der Waals surface area contributed by atoms with Crippen LogP contribution in [0, 0.1) is 0 Å². The summed E-state index contributed by atoms with van der Waals surface area (Å²) in [5, 5.41) is 7.61. The largest absolute Gasteiger partial charge is 0.456 e. The van der Waals surface area contributed by atoms with Gasteiger partial charge in [-0.1, -0.05) is 115 Å². The van der Waals surface area contributed by atoms with E-state index in [1.807, 2.05) is 34.8 Å². The van der Waals surface area contributed by atoms with Gasteiger partial charge in [-0.2, -0.15) is 0 Å². The Hall–Kier alpha value is -6.00. The zero-order chi connectivity index (χ0) is 33.5. The average Bonchev–Trinajstić information content (AvgIpc) is 3.88. The van der Waals surface area contributed by atoms with E-state index in [-0.39, 0.29) is 0 Å². The van der Waals surface area contributed by atoms with Crippen molar-refractivity contribution in [3.8, 4) is 44.5 Å². The molecule has 0 fully saturated rings. The fourth-order valence-electron chi connectivity index (χ4n) is 7.80. The molecule has 11 aromatic rings. The molecule has 0 atom stereocenters. The molecule has 0 N–H and O–H groups in total. The Kier molecular flexibility index (Phi) is 6.36. The third-order valence-corrected chi connectivity index (χ3v) is 12.5. The number of thiophene rings is 2. The predicted molar refractivity (Wildman–Crippen MR) is 221 cm³/mol. The van der Waals surface area contributed by atoms with Crippen molar-refractivity contribution in [3.63, 3.8) is 0 Å². The van der Waals surface area contributed by atoms with Gasteiger partial charge < -0.3 is 4.42 Å². The Bertz CT molecular complexity index is 3150. The summed E-state index contributed by atoms with van der Waals surface area (Å²) in [4.78, 5) is 0. The summed E-state index contributed by atoms with van der Waals surface area (Å²) < 4.78 is 11.5. The molecule has 51 heavy (non-hydrogen) atoms. The Labute approximate surface area is 302 Å². The van der Waals surface area contributed by atoms with Crippen LogP contribution in [0.25, 0.3) is 107 Å². The van der Waals surface area contributed by atoms with Crippen LogP contribution >= 0.6 is 22.7 Å². The highest BCUT2D eigenvalue weighted by molar-refractivity contribution is 7.26. The maximum atomic E-state index is 6.20. The van der Waals surface area contributed by atoms with Crippen LogP contribution in [0.1, 0.15) is 0 Å². The minimum atomic E-state index is 0.922. The molecule has 0 saturated carbocycles. The molecule has 0 aliphatic rings. The van der Waals surface area contributed by atoms with Crippen molar-refractivity contribution in [1.29, 1.82) is 0 Å². The second-order valence-electron chi connectivity index (χ2n) is 13.3. The van der Waals surface area contributed by atoms with E-state index < -0.39 is 0 Å². The SMILES string of the molecule is c1cc(-c2ccc3c(c2)oc2ccccc23)cc(-c2ccc3c(c2)sc2cc(-c4cccc(-c5cccc6sc7ccccc7c56)c4)ccc23)c1. The zero-order valence-electron chi connectivity index (χ0n) is 27.4. The Morgan fingerprint density at radius 3 is 1.55 bits per heavy atom. The Morgan fingerprint density at radius 1 is 0.294 bits per heavy atom. The van der Waals surface area contributed by atoms with Crippen molar-refractivity contribution in [2.75, 3.05) is 0 Å². The normalized spacial score (nSPS) is 11.9. The molecular formula is C48H28OS2. The summed E-state index contributed by atoms with van der Waals surface area (Å²) in [5.41, 5.74) is 11.6. The highest BCUT2D eigenvalue weighted by Crippen LogP contribution is 2.42. The molecule has 0 bridgehead atoms. The molecule has 3 heteroatoms. The van der Waals surface area contributed by atoms with Gasteiger partial charge in [-0.25, -0.2) is 0 Å². The van der Waals surface area contributed by atoms with E-state index in [2.05, 4.69) is 158 Å². The number of furan rings is 1. The van der Waals surface area contributed by atoms with Crippen molar-refractivity contribution in [2.45, 2.75) is 0 Å². The van der Waals surface area contributed by atoms with E-state index in [1.165, 1.54) is 79.3 Å². The summed E-state index contributed by atoms with van der Waals surface area (Å²) in [5.74, 6) is 0. The number of benzene rings is 8. The van der Waals surface area contributed by atoms with Gasteiger partial charge in [-0.15, -0.1) is 22.7 Å². The quantitative estimate of drug-likeness (QED) is 0.180. The zero-order valence-corrected chi connectivity index (χ0v) is 29.0. The topological polar surface area (TPSA) is 13.1 Å². The van der Waals surface area contributed by atoms with Crippen LogP contribution in [0.5, 0.6) is 0 Å². The van der Waals surface area contributed by atoms with Gasteiger partial charge >= 0.3 is 0 Å². The van der Waals surface area contributed by atoms with Crippen molar-refractivity contribution in [2.24, 2.45) is 0 Å². The van der Waals surface area contributed by atoms with E-state index in [0.29, 0.717) is 0 Å². The molecule has 0 aliphatic carbocycles. The van der Waals surface area contributed by atoms with Crippen LogP contribution in [0.4, 0.5) is 0 Å². The minimum Gasteiger partial charge on any atom is -0.456 e. The number of hydrogen-bond acceptors (Lipinski definition) is 3. The second-order valence-corrected chi connectivity index (χ2v) is 15.4. The maximum Gasteiger partial charge on any atom is 0.136 e. The first-order chi connectivity index (χ1) is 25.2. The summed E-state index contributed by atoms with van der Waals surface area (Å²) in [6.45, 7) is 0. The van der Waals surface area contributed by atoms with E-state index >= 15 is 0 Å². The predicted octanol–water partition coefficient (Wildman–Crippen LogP) is 15.0.